The Bertz CT molecular complexity index is 990. The van der Waals surface area contributed by atoms with E-state index < -0.39 is 5.82 Å². The zero-order valence-electron chi connectivity index (χ0n) is 15.9. The third-order valence-corrected chi connectivity index (χ3v) is 5.34. The number of carbonyl (C=O) groups excluding carboxylic acids is 1. The van der Waals surface area contributed by atoms with Crippen LogP contribution in [0.4, 0.5) is 10.1 Å². The Morgan fingerprint density at radius 2 is 1.96 bits per heavy atom. The van der Waals surface area contributed by atoms with E-state index in [-0.39, 0.29) is 24.0 Å². The van der Waals surface area contributed by atoms with Crippen molar-refractivity contribution < 1.29 is 13.9 Å². The SMILES string of the molecule is Cc1cccc(OCc2nnc(SCC(=O)Nc3ccccc3F)n2C)c1C. The summed E-state index contributed by atoms with van der Waals surface area (Å²) in [5.74, 6) is 0.772. The lowest BCUT2D eigenvalue weighted by Gasteiger charge is -2.10. The summed E-state index contributed by atoms with van der Waals surface area (Å²) in [6.07, 6.45) is 0. The number of amides is 1. The normalized spacial score (nSPS) is 10.7. The Kier molecular flexibility index (Phi) is 6.30. The van der Waals surface area contributed by atoms with Crippen LogP contribution in [0.5, 0.6) is 5.75 Å². The first-order valence-electron chi connectivity index (χ1n) is 8.70. The van der Waals surface area contributed by atoms with Gasteiger partial charge in [0.15, 0.2) is 11.0 Å². The van der Waals surface area contributed by atoms with Gasteiger partial charge in [0.2, 0.25) is 5.91 Å². The van der Waals surface area contributed by atoms with E-state index in [1.807, 2.05) is 39.1 Å². The predicted octanol–water partition coefficient (Wildman–Crippen LogP) is 3.88. The van der Waals surface area contributed by atoms with Gasteiger partial charge in [0.05, 0.1) is 11.4 Å². The minimum absolute atomic E-state index is 0.0954. The quantitative estimate of drug-likeness (QED) is 0.610. The van der Waals surface area contributed by atoms with Crippen molar-refractivity contribution in [3.05, 3.63) is 65.2 Å². The van der Waals surface area contributed by atoms with Gasteiger partial charge in [-0.15, -0.1) is 10.2 Å². The molecule has 0 bridgehead atoms. The van der Waals surface area contributed by atoms with Gasteiger partial charge in [0, 0.05) is 7.05 Å². The van der Waals surface area contributed by atoms with E-state index in [1.54, 1.807) is 16.7 Å². The number of para-hydroxylation sites is 1. The number of rotatable bonds is 7. The van der Waals surface area contributed by atoms with Gasteiger partial charge in [0.25, 0.3) is 0 Å². The Hall–Kier alpha value is -2.87. The lowest BCUT2D eigenvalue weighted by atomic mass is 10.1. The van der Waals surface area contributed by atoms with Crippen LogP contribution in [0.1, 0.15) is 17.0 Å². The molecule has 0 aliphatic rings. The third-order valence-electron chi connectivity index (χ3n) is 4.32. The number of thioether (sulfide) groups is 1. The highest BCUT2D eigenvalue weighted by molar-refractivity contribution is 7.99. The number of nitrogens with one attached hydrogen (secondary N) is 1. The molecule has 1 amide bonds. The summed E-state index contributed by atoms with van der Waals surface area (Å²) in [4.78, 5) is 12.1. The van der Waals surface area contributed by atoms with Crippen molar-refractivity contribution >= 4 is 23.4 Å². The number of carbonyl (C=O) groups is 1. The van der Waals surface area contributed by atoms with E-state index in [4.69, 9.17) is 4.74 Å². The molecule has 0 spiro atoms. The van der Waals surface area contributed by atoms with Crippen LogP contribution in [-0.4, -0.2) is 26.4 Å². The average molecular weight is 400 g/mol. The molecule has 1 heterocycles. The van der Waals surface area contributed by atoms with Gasteiger partial charge in [-0.05, 0) is 43.2 Å². The maximum absolute atomic E-state index is 13.6. The monoisotopic (exact) mass is 400 g/mol. The summed E-state index contributed by atoms with van der Waals surface area (Å²) in [5, 5.41) is 11.4. The second kappa shape index (κ2) is 8.88. The molecule has 0 unspecified atom stereocenters. The molecule has 0 saturated carbocycles. The molecule has 8 heteroatoms. The van der Waals surface area contributed by atoms with Gasteiger partial charge in [-0.1, -0.05) is 36.0 Å². The molecule has 28 heavy (non-hydrogen) atoms. The summed E-state index contributed by atoms with van der Waals surface area (Å²) in [6.45, 7) is 4.32. The van der Waals surface area contributed by atoms with Crippen LogP contribution in [0, 0.1) is 19.7 Å². The van der Waals surface area contributed by atoms with Crippen LogP contribution in [-0.2, 0) is 18.4 Å². The maximum Gasteiger partial charge on any atom is 0.234 e. The standard InChI is InChI=1S/C20H21FN4O2S/c1-13-7-6-10-17(14(13)2)27-11-18-23-24-20(25(18)3)28-12-19(26)22-16-9-5-4-8-15(16)21/h4-10H,11-12H2,1-3H3,(H,22,26). The van der Waals surface area contributed by atoms with E-state index in [0.29, 0.717) is 11.0 Å². The first-order chi connectivity index (χ1) is 13.5. The minimum Gasteiger partial charge on any atom is -0.485 e. The highest BCUT2D eigenvalue weighted by Gasteiger charge is 2.13. The zero-order valence-corrected chi connectivity index (χ0v) is 16.7. The van der Waals surface area contributed by atoms with Crippen LogP contribution >= 0.6 is 11.8 Å². The second-order valence-corrected chi connectivity index (χ2v) is 7.20. The molecule has 1 N–H and O–H groups in total. The van der Waals surface area contributed by atoms with Gasteiger partial charge in [-0.25, -0.2) is 4.39 Å². The number of benzene rings is 2. The lowest BCUT2D eigenvalue weighted by Crippen LogP contribution is -2.15. The predicted molar refractivity (Wildman–Crippen MR) is 107 cm³/mol. The van der Waals surface area contributed by atoms with Crippen LogP contribution in [0.2, 0.25) is 0 Å². The van der Waals surface area contributed by atoms with Gasteiger partial charge in [-0.3, -0.25) is 4.79 Å². The molecule has 6 nitrogen and oxygen atoms in total. The van der Waals surface area contributed by atoms with Crippen molar-refractivity contribution in [2.75, 3.05) is 11.1 Å². The molecule has 3 rings (SSSR count). The van der Waals surface area contributed by atoms with Crippen molar-refractivity contribution in [3.63, 3.8) is 0 Å². The smallest absolute Gasteiger partial charge is 0.234 e. The Balaban J connectivity index is 1.56. The molecule has 0 fully saturated rings. The van der Waals surface area contributed by atoms with E-state index in [9.17, 15) is 9.18 Å². The summed E-state index contributed by atoms with van der Waals surface area (Å²) < 4.78 is 21.2. The molecular formula is C20H21FN4O2S. The van der Waals surface area contributed by atoms with E-state index in [1.165, 1.54) is 23.9 Å². The number of ether oxygens (including phenoxy) is 1. The fourth-order valence-corrected chi connectivity index (χ4v) is 3.23. The van der Waals surface area contributed by atoms with Gasteiger partial charge in [-0.2, -0.15) is 0 Å². The summed E-state index contributed by atoms with van der Waals surface area (Å²) >= 11 is 1.23. The first-order valence-corrected chi connectivity index (χ1v) is 9.68. The van der Waals surface area contributed by atoms with Crippen molar-refractivity contribution in [1.82, 2.24) is 14.8 Å². The number of nitrogens with zero attached hydrogens (tertiary/aromatic N) is 3. The van der Waals surface area contributed by atoms with Gasteiger partial charge < -0.3 is 14.6 Å². The molecule has 146 valence electrons. The number of anilines is 1. The topological polar surface area (TPSA) is 69.0 Å². The fraction of sp³-hybridized carbons (Fsp3) is 0.250. The number of hydrogen-bond donors (Lipinski definition) is 1. The van der Waals surface area contributed by atoms with Crippen LogP contribution in [0.15, 0.2) is 47.6 Å². The summed E-state index contributed by atoms with van der Waals surface area (Å²) in [5.41, 5.74) is 2.41. The van der Waals surface area contributed by atoms with Crippen LogP contribution in [0.3, 0.4) is 0 Å². The van der Waals surface area contributed by atoms with E-state index in [2.05, 4.69) is 15.5 Å². The molecule has 1 aromatic heterocycles. The summed E-state index contributed by atoms with van der Waals surface area (Å²) in [7, 11) is 1.82. The van der Waals surface area contributed by atoms with Crippen molar-refractivity contribution in [2.45, 2.75) is 25.6 Å². The Labute approximate surface area is 167 Å². The molecule has 0 aliphatic carbocycles. The first kappa shape index (κ1) is 19.9. The van der Waals surface area contributed by atoms with Crippen LogP contribution in [0.25, 0.3) is 0 Å². The molecule has 0 radical (unpaired) electrons. The van der Waals surface area contributed by atoms with Crippen LogP contribution < -0.4 is 10.1 Å². The molecule has 3 aromatic rings. The van der Waals surface area contributed by atoms with Gasteiger partial charge >= 0.3 is 0 Å². The van der Waals surface area contributed by atoms with Gasteiger partial charge in [0.1, 0.15) is 18.2 Å². The van der Waals surface area contributed by atoms with Crippen molar-refractivity contribution in [2.24, 2.45) is 7.05 Å². The van der Waals surface area contributed by atoms with Crippen molar-refractivity contribution in [3.8, 4) is 5.75 Å². The lowest BCUT2D eigenvalue weighted by molar-refractivity contribution is -0.113. The summed E-state index contributed by atoms with van der Waals surface area (Å²) in [6, 6.07) is 11.9. The van der Waals surface area contributed by atoms with E-state index >= 15 is 0 Å². The fourth-order valence-electron chi connectivity index (χ4n) is 2.50. The minimum atomic E-state index is -0.467. The Morgan fingerprint density at radius 3 is 2.75 bits per heavy atom. The molecule has 2 aromatic carbocycles. The highest BCUT2D eigenvalue weighted by Crippen LogP contribution is 2.22. The molecule has 0 atom stereocenters. The van der Waals surface area contributed by atoms with E-state index in [0.717, 1.165) is 16.9 Å². The average Bonchev–Trinajstić information content (AvgIpc) is 3.03. The second-order valence-electron chi connectivity index (χ2n) is 6.26. The zero-order chi connectivity index (χ0) is 20.1. The number of halogens is 1. The number of aromatic nitrogens is 3. The molecule has 0 aliphatic heterocycles. The Morgan fingerprint density at radius 1 is 1.18 bits per heavy atom. The number of aryl methyl sites for hydroxylation is 1. The maximum atomic E-state index is 13.6. The third kappa shape index (κ3) is 4.69. The largest absolute Gasteiger partial charge is 0.485 e. The van der Waals surface area contributed by atoms with Crippen molar-refractivity contribution in [1.29, 1.82) is 0 Å². The highest BCUT2D eigenvalue weighted by atomic mass is 32.2. The number of hydrogen-bond acceptors (Lipinski definition) is 5. The molecule has 0 saturated heterocycles. The molecular weight excluding hydrogens is 379 g/mol.